The zero-order chi connectivity index (χ0) is 9.26. The molecule has 0 amide bonds. The number of hydrogen-bond donors (Lipinski definition) is 0. The summed E-state index contributed by atoms with van der Waals surface area (Å²) in [7, 11) is 0. The van der Waals surface area contributed by atoms with E-state index >= 15 is 0 Å². The number of furan rings is 1. The molecule has 0 atom stereocenters. The van der Waals surface area contributed by atoms with E-state index in [1.54, 1.807) is 6.26 Å². The zero-order valence-electron chi connectivity index (χ0n) is 7.87. The number of rotatable bonds is 1. The van der Waals surface area contributed by atoms with E-state index in [2.05, 4.69) is 32.0 Å². The lowest BCUT2D eigenvalue weighted by Gasteiger charge is -2.01. The fraction of sp³-hybridized carbons (Fsp3) is 0.167. The van der Waals surface area contributed by atoms with E-state index in [-0.39, 0.29) is 0 Å². The Morgan fingerprint density at radius 3 is 2.46 bits per heavy atom. The quantitative estimate of drug-likeness (QED) is 0.641. The van der Waals surface area contributed by atoms with E-state index < -0.39 is 0 Å². The summed E-state index contributed by atoms with van der Waals surface area (Å²) in [6, 6.07) is 10.2. The Labute approximate surface area is 78.0 Å². The van der Waals surface area contributed by atoms with Crippen molar-refractivity contribution in [3.63, 3.8) is 0 Å². The highest BCUT2D eigenvalue weighted by Crippen LogP contribution is 2.21. The SMILES string of the molecule is Cc1ccc(-c2ccco2)cc1C. The zero-order valence-corrected chi connectivity index (χ0v) is 7.87. The summed E-state index contributed by atoms with van der Waals surface area (Å²) in [4.78, 5) is 0. The van der Waals surface area contributed by atoms with Crippen LogP contribution in [0.2, 0.25) is 0 Å². The summed E-state index contributed by atoms with van der Waals surface area (Å²) in [5.74, 6) is 0.933. The molecule has 1 heteroatoms. The number of aryl methyl sites for hydroxylation is 2. The largest absolute Gasteiger partial charge is 0.464 e. The van der Waals surface area contributed by atoms with Crippen molar-refractivity contribution in [1.29, 1.82) is 0 Å². The summed E-state index contributed by atoms with van der Waals surface area (Å²) < 4.78 is 5.31. The van der Waals surface area contributed by atoms with Gasteiger partial charge in [0.2, 0.25) is 0 Å². The van der Waals surface area contributed by atoms with Crippen molar-refractivity contribution in [2.45, 2.75) is 13.8 Å². The Kier molecular flexibility index (Phi) is 1.93. The van der Waals surface area contributed by atoms with E-state index in [9.17, 15) is 0 Å². The van der Waals surface area contributed by atoms with Crippen LogP contribution in [0.3, 0.4) is 0 Å². The Morgan fingerprint density at radius 1 is 1.00 bits per heavy atom. The summed E-state index contributed by atoms with van der Waals surface area (Å²) in [6.07, 6.45) is 1.70. The fourth-order valence-electron chi connectivity index (χ4n) is 1.34. The van der Waals surface area contributed by atoms with Gasteiger partial charge in [-0.3, -0.25) is 0 Å². The predicted octanol–water partition coefficient (Wildman–Crippen LogP) is 3.56. The van der Waals surface area contributed by atoms with Crippen molar-refractivity contribution in [2.24, 2.45) is 0 Å². The molecule has 0 aliphatic heterocycles. The van der Waals surface area contributed by atoms with Crippen LogP contribution in [0.15, 0.2) is 41.0 Å². The van der Waals surface area contributed by atoms with Crippen molar-refractivity contribution >= 4 is 0 Å². The van der Waals surface area contributed by atoms with Crippen LogP contribution in [0.5, 0.6) is 0 Å². The van der Waals surface area contributed by atoms with Crippen molar-refractivity contribution in [2.75, 3.05) is 0 Å². The van der Waals surface area contributed by atoms with Crippen LogP contribution in [0.1, 0.15) is 11.1 Å². The first kappa shape index (κ1) is 8.11. The molecule has 0 saturated carbocycles. The Bertz CT molecular complexity index is 399. The summed E-state index contributed by atoms with van der Waals surface area (Å²) in [5, 5.41) is 0. The third-order valence-corrected chi connectivity index (χ3v) is 2.31. The molecule has 1 nitrogen and oxygen atoms in total. The second kappa shape index (κ2) is 3.09. The van der Waals surface area contributed by atoms with Crippen molar-refractivity contribution in [3.8, 4) is 11.3 Å². The van der Waals surface area contributed by atoms with Crippen LogP contribution < -0.4 is 0 Å². The van der Waals surface area contributed by atoms with Gasteiger partial charge in [0, 0.05) is 5.56 Å². The van der Waals surface area contributed by atoms with Crippen molar-refractivity contribution in [1.82, 2.24) is 0 Å². The minimum atomic E-state index is 0.933. The Hall–Kier alpha value is -1.50. The first-order chi connectivity index (χ1) is 6.27. The second-order valence-corrected chi connectivity index (χ2v) is 3.28. The number of hydrogen-bond acceptors (Lipinski definition) is 1. The summed E-state index contributed by atoms with van der Waals surface area (Å²) in [6.45, 7) is 4.23. The van der Waals surface area contributed by atoms with E-state index in [4.69, 9.17) is 4.42 Å². The van der Waals surface area contributed by atoms with Crippen LogP contribution in [-0.2, 0) is 0 Å². The van der Waals surface area contributed by atoms with Gasteiger partial charge in [0.05, 0.1) is 6.26 Å². The molecular weight excluding hydrogens is 160 g/mol. The summed E-state index contributed by atoms with van der Waals surface area (Å²) >= 11 is 0. The van der Waals surface area contributed by atoms with Crippen molar-refractivity contribution < 1.29 is 4.42 Å². The van der Waals surface area contributed by atoms with Crippen LogP contribution in [-0.4, -0.2) is 0 Å². The predicted molar refractivity (Wildman–Crippen MR) is 53.6 cm³/mol. The molecule has 2 rings (SSSR count). The van der Waals surface area contributed by atoms with Gasteiger partial charge in [0.1, 0.15) is 5.76 Å². The second-order valence-electron chi connectivity index (χ2n) is 3.28. The van der Waals surface area contributed by atoms with Gasteiger partial charge in [-0.15, -0.1) is 0 Å². The van der Waals surface area contributed by atoms with E-state index in [1.165, 1.54) is 11.1 Å². The molecule has 0 radical (unpaired) electrons. The molecule has 0 N–H and O–H groups in total. The van der Waals surface area contributed by atoms with Gasteiger partial charge < -0.3 is 4.42 Å². The Morgan fingerprint density at radius 2 is 1.85 bits per heavy atom. The van der Waals surface area contributed by atoms with Gasteiger partial charge in [-0.05, 0) is 43.2 Å². The van der Waals surface area contributed by atoms with Crippen molar-refractivity contribution in [3.05, 3.63) is 47.7 Å². The highest BCUT2D eigenvalue weighted by atomic mass is 16.3. The van der Waals surface area contributed by atoms with Gasteiger partial charge in [0.25, 0.3) is 0 Å². The number of benzene rings is 1. The standard InChI is InChI=1S/C12H12O/c1-9-5-6-11(8-10(9)2)12-4-3-7-13-12/h3-8H,1-2H3. The van der Waals surface area contributed by atoms with Gasteiger partial charge in [0.15, 0.2) is 0 Å². The molecule has 0 aliphatic carbocycles. The highest BCUT2D eigenvalue weighted by Gasteiger charge is 2.00. The van der Waals surface area contributed by atoms with Gasteiger partial charge in [-0.25, -0.2) is 0 Å². The normalized spacial score (nSPS) is 10.3. The maximum absolute atomic E-state index is 5.31. The van der Waals surface area contributed by atoms with E-state index in [0.717, 1.165) is 11.3 Å². The highest BCUT2D eigenvalue weighted by molar-refractivity contribution is 5.59. The first-order valence-electron chi connectivity index (χ1n) is 4.38. The molecule has 66 valence electrons. The van der Waals surface area contributed by atoms with Crippen LogP contribution in [0.25, 0.3) is 11.3 Å². The lowest BCUT2D eigenvalue weighted by molar-refractivity contribution is 0.582. The van der Waals surface area contributed by atoms with Crippen LogP contribution in [0.4, 0.5) is 0 Å². The molecule has 1 aromatic carbocycles. The maximum Gasteiger partial charge on any atom is 0.133 e. The third kappa shape index (κ3) is 1.50. The molecule has 0 saturated heterocycles. The van der Waals surface area contributed by atoms with Crippen LogP contribution >= 0.6 is 0 Å². The average molecular weight is 172 g/mol. The monoisotopic (exact) mass is 172 g/mol. The molecule has 1 aromatic heterocycles. The first-order valence-corrected chi connectivity index (χ1v) is 4.38. The lowest BCUT2D eigenvalue weighted by atomic mass is 10.1. The van der Waals surface area contributed by atoms with E-state index in [1.807, 2.05) is 12.1 Å². The van der Waals surface area contributed by atoms with E-state index in [0.29, 0.717) is 0 Å². The van der Waals surface area contributed by atoms with Gasteiger partial charge >= 0.3 is 0 Å². The molecule has 1 heterocycles. The third-order valence-electron chi connectivity index (χ3n) is 2.31. The smallest absolute Gasteiger partial charge is 0.133 e. The van der Waals surface area contributed by atoms with Crippen LogP contribution in [0, 0.1) is 13.8 Å². The minimum absolute atomic E-state index is 0.933. The average Bonchev–Trinajstić information content (AvgIpc) is 2.62. The molecule has 0 fully saturated rings. The van der Waals surface area contributed by atoms with Gasteiger partial charge in [-0.1, -0.05) is 12.1 Å². The maximum atomic E-state index is 5.31. The summed E-state index contributed by atoms with van der Waals surface area (Å²) in [5.41, 5.74) is 3.76. The molecule has 0 bridgehead atoms. The topological polar surface area (TPSA) is 13.1 Å². The van der Waals surface area contributed by atoms with Gasteiger partial charge in [-0.2, -0.15) is 0 Å². The fourth-order valence-corrected chi connectivity index (χ4v) is 1.34. The minimum Gasteiger partial charge on any atom is -0.464 e. The molecular formula is C12H12O. The molecule has 2 aromatic rings. The molecule has 0 aliphatic rings. The lowest BCUT2D eigenvalue weighted by Crippen LogP contribution is -1.81. The Balaban J connectivity index is 2.49. The molecule has 0 unspecified atom stereocenters. The molecule has 0 spiro atoms. The molecule has 13 heavy (non-hydrogen) atoms.